The SMILES string of the molecule is CCN1CCN(C(=O)C[C@H](c2ccccc2[N+](=O)[O-])c2c[nH]c3ccc(Cl)cc23)CC1. The van der Waals surface area contributed by atoms with Crippen molar-refractivity contribution in [3.8, 4) is 0 Å². The van der Waals surface area contributed by atoms with E-state index in [0.717, 1.165) is 36.1 Å². The molecule has 0 saturated carbocycles. The molecule has 0 spiro atoms. The largest absolute Gasteiger partial charge is 0.361 e. The van der Waals surface area contributed by atoms with Gasteiger partial charge in [0.05, 0.1) is 4.92 Å². The van der Waals surface area contributed by atoms with Crippen LogP contribution in [0.3, 0.4) is 0 Å². The number of aromatic amines is 1. The van der Waals surface area contributed by atoms with Gasteiger partial charge in [-0.25, -0.2) is 0 Å². The van der Waals surface area contributed by atoms with Crippen molar-refractivity contribution >= 4 is 34.1 Å². The second-order valence-electron chi connectivity index (χ2n) is 7.82. The molecule has 2 aromatic carbocycles. The Hall–Kier alpha value is -2.90. The molecule has 4 rings (SSSR count). The van der Waals surface area contributed by atoms with Crippen molar-refractivity contribution in [2.45, 2.75) is 19.3 Å². The number of para-hydroxylation sites is 1. The molecule has 1 aromatic heterocycles. The molecule has 31 heavy (non-hydrogen) atoms. The molecular weight excluding hydrogens is 416 g/mol. The van der Waals surface area contributed by atoms with E-state index >= 15 is 0 Å². The normalized spacial score (nSPS) is 15.9. The lowest BCUT2D eigenvalue weighted by Crippen LogP contribution is -2.48. The van der Waals surface area contributed by atoms with Crippen LogP contribution in [0.5, 0.6) is 0 Å². The van der Waals surface area contributed by atoms with Crippen molar-refractivity contribution in [1.29, 1.82) is 0 Å². The highest BCUT2D eigenvalue weighted by molar-refractivity contribution is 6.31. The average molecular weight is 441 g/mol. The fraction of sp³-hybridized carbons (Fsp3) is 0.348. The predicted molar refractivity (Wildman–Crippen MR) is 122 cm³/mol. The number of hydrogen-bond acceptors (Lipinski definition) is 4. The maximum atomic E-state index is 13.3. The van der Waals surface area contributed by atoms with E-state index in [9.17, 15) is 14.9 Å². The van der Waals surface area contributed by atoms with Crippen LogP contribution in [-0.2, 0) is 4.79 Å². The molecule has 7 nitrogen and oxygen atoms in total. The molecule has 1 fully saturated rings. The molecule has 3 aromatic rings. The van der Waals surface area contributed by atoms with Crippen molar-refractivity contribution in [3.63, 3.8) is 0 Å². The van der Waals surface area contributed by atoms with Gasteiger partial charge in [0.15, 0.2) is 0 Å². The second kappa shape index (κ2) is 9.08. The van der Waals surface area contributed by atoms with Crippen LogP contribution in [0.25, 0.3) is 10.9 Å². The number of benzene rings is 2. The number of nitrogens with one attached hydrogen (secondary N) is 1. The number of aromatic nitrogens is 1. The third-order valence-electron chi connectivity index (χ3n) is 6.11. The lowest BCUT2D eigenvalue weighted by atomic mass is 9.86. The molecule has 1 amide bonds. The summed E-state index contributed by atoms with van der Waals surface area (Å²) in [6.45, 7) is 6.13. The van der Waals surface area contributed by atoms with Crippen LogP contribution in [0.2, 0.25) is 5.02 Å². The quantitative estimate of drug-likeness (QED) is 0.454. The number of carbonyl (C=O) groups excluding carboxylic acids is 1. The van der Waals surface area contributed by atoms with Crippen molar-refractivity contribution in [3.05, 3.63) is 74.9 Å². The highest BCUT2D eigenvalue weighted by Crippen LogP contribution is 2.38. The van der Waals surface area contributed by atoms with Crippen molar-refractivity contribution in [1.82, 2.24) is 14.8 Å². The first-order valence-corrected chi connectivity index (χ1v) is 10.9. The number of likely N-dealkylation sites (N-methyl/N-ethyl adjacent to an activating group) is 1. The molecule has 1 aliphatic heterocycles. The van der Waals surface area contributed by atoms with E-state index in [1.807, 2.05) is 23.2 Å². The Kier molecular flexibility index (Phi) is 6.25. The number of halogens is 1. The number of rotatable bonds is 6. The lowest BCUT2D eigenvalue weighted by molar-refractivity contribution is -0.385. The van der Waals surface area contributed by atoms with E-state index < -0.39 is 5.92 Å². The highest BCUT2D eigenvalue weighted by atomic mass is 35.5. The van der Waals surface area contributed by atoms with E-state index in [1.165, 1.54) is 6.07 Å². The van der Waals surface area contributed by atoms with Crippen molar-refractivity contribution < 1.29 is 9.72 Å². The van der Waals surface area contributed by atoms with Crippen LogP contribution in [0.4, 0.5) is 5.69 Å². The maximum Gasteiger partial charge on any atom is 0.273 e. The second-order valence-corrected chi connectivity index (χ2v) is 8.26. The Labute approximate surface area is 185 Å². The van der Waals surface area contributed by atoms with Gasteiger partial charge in [-0.2, -0.15) is 0 Å². The van der Waals surface area contributed by atoms with Gasteiger partial charge in [-0.1, -0.05) is 36.7 Å². The zero-order valence-corrected chi connectivity index (χ0v) is 18.1. The molecule has 1 aliphatic rings. The number of hydrogen-bond donors (Lipinski definition) is 1. The number of nitrogens with zero attached hydrogens (tertiary/aromatic N) is 3. The molecule has 162 valence electrons. The first-order chi connectivity index (χ1) is 15.0. The number of amides is 1. The number of fused-ring (bicyclic) bond motifs is 1. The fourth-order valence-electron chi connectivity index (χ4n) is 4.36. The van der Waals surface area contributed by atoms with Crippen LogP contribution < -0.4 is 0 Å². The van der Waals surface area contributed by atoms with Crippen LogP contribution >= 0.6 is 11.6 Å². The van der Waals surface area contributed by atoms with Gasteiger partial charge in [0, 0.05) is 72.3 Å². The van der Waals surface area contributed by atoms with Gasteiger partial charge in [-0.15, -0.1) is 0 Å². The Bertz CT molecular complexity index is 1110. The average Bonchev–Trinajstić information content (AvgIpc) is 3.20. The van der Waals surface area contributed by atoms with E-state index in [-0.39, 0.29) is 22.9 Å². The van der Waals surface area contributed by atoms with Crippen molar-refractivity contribution in [2.24, 2.45) is 0 Å². The fourth-order valence-corrected chi connectivity index (χ4v) is 4.53. The molecule has 0 unspecified atom stereocenters. The van der Waals surface area contributed by atoms with Gasteiger partial charge in [-0.3, -0.25) is 14.9 Å². The molecular formula is C23H25ClN4O3. The lowest BCUT2D eigenvalue weighted by Gasteiger charge is -2.34. The van der Waals surface area contributed by atoms with Crippen LogP contribution in [0.1, 0.15) is 30.4 Å². The standard InChI is InChI=1S/C23H25ClN4O3/c1-2-26-9-11-27(12-10-26)23(29)14-18(17-5-3-4-6-22(17)28(30)31)20-15-25-21-8-7-16(24)13-19(20)21/h3-8,13,15,18,25H,2,9-12,14H2,1H3/t18-/m1/s1. The Morgan fingerprint density at radius 2 is 1.90 bits per heavy atom. The number of piperazine rings is 1. The summed E-state index contributed by atoms with van der Waals surface area (Å²) < 4.78 is 0. The zero-order valence-electron chi connectivity index (χ0n) is 17.4. The predicted octanol–water partition coefficient (Wildman–Crippen LogP) is 4.42. The van der Waals surface area contributed by atoms with Crippen LogP contribution in [0.15, 0.2) is 48.7 Å². The monoisotopic (exact) mass is 440 g/mol. The van der Waals surface area contributed by atoms with E-state index in [2.05, 4.69) is 16.8 Å². The Morgan fingerprint density at radius 1 is 1.16 bits per heavy atom. The first-order valence-electron chi connectivity index (χ1n) is 10.5. The summed E-state index contributed by atoms with van der Waals surface area (Å²) in [6, 6.07) is 12.2. The summed E-state index contributed by atoms with van der Waals surface area (Å²) in [5, 5.41) is 13.2. The number of H-pyrrole nitrogens is 1. The maximum absolute atomic E-state index is 13.3. The molecule has 1 atom stereocenters. The summed E-state index contributed by atoms with van der Waals surface area (Å²) in [5.41, 5.74) is 2.28. The Balaban J connectivity index is 1.72. The van der Waals surface area contributed by atoms with E-state index in [4.69, 9.17) is 11.6 Å². The summed E-state index contributed by atoms with van der Waals surface area (Å²) in [6.07, 6.45) is 2.00. The molecule has 0 radical (unpaired) electrons. The third-order valence-corrected chi connectivity index (χ3v) is 6.35. The van der Waals surface area contributed by atoms with Crippen LogP contribution in [-0.4, -0.2) is 58.3 Å². The van der Waals surface area contributed by atoms with Gasteiger partial charge >= 0.3 is 0 Å². The first kappa shape index (κ1) is 21.3. The minimum absolute atomic E-state index is 0.00952. The molecule has 0 bridgehead atoms. The van der Waals surface area contributed by atoms with Gasteiger partial charge in [0.2, 0.25) is 5.91 Å². The van der Waals surface area contributed by atoms with Gasteiger partial charge in [-0.05, 0) is 30.3 Å². The summed E-state index contributed by atoms with van der Waals surface area (Å²) in [5.74, 6) is -0.444. The van der Waals surface area contributed by atoms with Gasteiger partial charge < -0.3 is 14.8 Å². The minimum Gasteiger partial charge on any atom is -0.361 e. The number of nitro benzene ring substituents is 1. The van der Waals surface area contributed by atoms with Crippen LogP contribution in [0, 0.1) is 10.1 Å². The molecule has 1 N–H and O–H groups in total. The van der Waals surface area contributed by atoms with Gasteiger partial charge in [0.1, 0.15) is 0 Å². The summed E-state index contributed by atoms with van der Waals surface area (Å²) in [7, 11) is 0. The van der Waals surface area contributed by atoms with Crippen molar-refractivity contribution in [2.75, 3.05) is 32.7 Å². The topological polar surface area (TPSA) is 82.5 Å². The number of nitro groups is 1. The summed E-state index contributed by atoms with van der Waals surface area (Å²) >= 11 is 6.23. The Morgan fingerprint density at radius 3 is 2.61 bits per heavy atom. The molecule has 2 heterocycles. The number of carbonyl (C=O) groups is 1. The summed E-state index contributed by atoms with van der Waals surface area (Å²) in [4.78, 5) is 32.0. The molecule has 1 saturated heterocycles. The molecule has 8 heteroatoms. The van der Waals surface area contributed by atoms with E-state index in [0.29, 0.717) is 23.7 Å². The highest BCUT2D eigenvalue weighted by Gasteiger charge is 2.30. The smallest absolute Gasteiger partial charge is 0.273 e. The molecule has 0 aliphatic carbocycles. The third kappa shape index (κ3) is 4.43. The van der Waals surface area contributed by atoms with E-state index in [1.54, 1.807) is 24.3 Å². The minimum atomic E-state index is -0.453. The zero-order chi connectivity index (χ0) is 22.0. The van der Waals surface area contributed by atoms with Gasteiger partial charge in [0.25, 0.3) is 5.69 Å².